The van der Waals surface area contributed by atoms with Crippen LogP contribution in [0.25, 0.3) is 11.0 Å². The normalized spacial score (nSPS) is 28.5. The molecule has 6 rings (SSSR count). The molecule has 11 heteroatoms. The summed E-state index contributed by atoms with van der Waals surface area (Å²) in [5.41, 5.74) is 2.19. The Balaban J connectivity index is 1.30. The quantitative estimate of drug-likeness (QED) is 0.403. The molecule has 10 nitrogen and oxygen atoms in total. The van der Waals surface area contributed by atoms with Gasteiger partial charge in [0.1, 0.15) is 18.2 Å². The number of aliphatic hydroxyl groups excluding tert-OH is 1. The average Bonchev–Trinajstić information content (AvgIpc) is 3.68. The van der Waals surface area contributed by atoms with E-state index >= 15 is 0 Å². The summed E-state index contributed by atoms with van der Waals surface area (Å²) in [5, 5.41) is 24.4. The summed E-state index contributed by atoms with van der Waals surface area (Å²) in [4.78, 5) is 43.0. The van der Waals surface area contributed by atoms with Crippen molar-refractivity contribution in [3.05, 3.63) is 54.6 Å². The highest BCUT2D eigenvalue weighted by Crippen LogP contribution is 2.66. The van der Waals surface area contributed by atoms with Gasteiger partial charge in [-0.15, -0.1) is 16.9 Å². The van der Waals surface area contributed by atoms with E-state index in [9.17, 15) is 19.5 Å². The number of anilines is 1. The van der Waals surface area contributed by atoms with Crippen LogP contribution < -0.4 is 10.6 Å². The van der Waals surface area contributed by atoms with E-state index in [1.165, 1.54) is 0 Å². The van der Waals surface area contributed by atoms with Crippen LogP contribution in [0.3, 0.4) is 0 Å². The third-order valence-corrected chi connectivity index (χ3v) is 10.2. The van der Waals surface area contributed by atoms with Gasteiger partial charge >= 0.3 is 0 Å². The van der Waals surface area contributed by atoms with Crippen molar-refractivity contribution in [3.8, 4) is 0 Å². The number of hydrogen-bond donors (Lipinski definition) is 3. The van der Waals surface area contributed by atoms with Gasteiger partial charge in [0, 0.05) is 10.9 Å². The number of aliphatic hydroxyl groups is 1. The van der Waals surface area contributed by atoms with Crippen LogP contribution in [0.1, 0.15) is 26.2 Å². The van der Waals surface area contributed by atoms with Gasteiger partial charge in [0.25, 0.3) is 0 Å². The summed E-state index contributed by atoms with van der Waals surface area (Å²) in [6.07, 6.45) is 1.91. The molecule has 3 saturated heterocycles. The highest BCUT2D eigenvalue weighted by Gasteiger charge is 2.74. The van der Waals surface area contributed by atoms with Crippen molar-refractivity contribution >= 4 is 46.2 Å². The van der Waals surface area contributed by atoms with Crippen LogP contribution in [0.15, 0.2) is 54.6 Å². The monoisotopic (exact) mass is 534 g/mol. The molecule has 4 heterocycles. The van der Waals surface area contributed by atoms with Gasteiger partial charge in [-0.1, -0.05) is 42.5 Å². The summed E-state index contributed by atoms with van der Waals surface area (Å²) in [7, 11) is 0. The number of thioether (sulfide) groups is 1. The molecule has 2 aromatic carbocycles. The summed E-state index contributed by atoms with van der Waals surface area (Å²) in [5.74, 6) is -1.89. The number of amides is 3. The number of hydrogen-bond acceptors (Lipinski definition) is 7. The van der Waals surface area contributed by atoms with Crippen molar-refractivity contribution < 1.29 is 19.5 Å². The van der Waals surface area contributed by atoms with E-state index in [-0.39, 0.29) is 36.2 Å². The van der Waals surface area contributed by atoms with Crippen LogP contribution in [-0.4, -0.2) is 71.4 Å². The van der Waals surface area contributed by atoms with Gasteiger partial charge in [0.05, 0.1) is 34.7 Å². The first-order valence-electron chi connectivity index (χ1n) is 13.0. The largest absolute Gasteiger partial charge is 0.394 e. The Kier molecular flexibility index (Phi) is 6.35. The van der Waals surface area contributed by atoms with Crippen molar-refractivity contribution in [2.45, 2.75) is 54.9 Å². The van der Waals surface area contributed by atoms with Gasteiger partial charge in [0.2, 0.25) is 17.7 Å². The number of benzene rings is 2. The van der Waals surface area contributed by atoms with Gasteiger partial charge in [-0.25, -0.2) is 4.68 Å². The fraction of sp³-hybridized carbons (Fsp3) is 0.444. The molecule has 1 spiro atoms. The Bertz CT molecular complexity index is 1380. The fourth-order valence-corrected chi connectivity index (χ4v) is 8.73. The van der Waals surface area contributed by atoms with Crippen molar-refractivity contribution in [1.82, 2.24) is 25.2 Å². The molecule has 38 heavy (non-hydrogen) atoms. The maximum absolute atomic E-state index is 14.0. The predicted molar refractivity (Wildman–Crippen MR) is 143 cm³/mol. The molecule has 3 amide bonds. The first-order chi connectivity index (χ1) is 18.5. The van der Waals surface area contributed by atoms with E-state index in [0.29, 0.717) is 18.5 Å². The van der Waals surface area contributed by atoms with Crippen LogP contribution in [0.5, 0.6) is 0 Å². The molecule has 0 radical (unpaired) electrons. The number of fused-ring (bicyclic) bond motifs is 2. The SMILES string of the molecule is CC[C@@H](CO)N1C(=O)[C@@H]2[C@@H](C(=O)Nc3ccccc3)[C@H]3CCC2(S3)C1C(=O)NCn1nnc2ccccc21. The Morgan fingerprint density at radius 3 is 2.68 bits per heavy atom. The van der Waals surface area contributed by atoms with Crippen LogP contribution in [-0.2, 0) is 21.1 Å². The van der Waals surface area contributed by atoms with Gasteiger partial charge in [-0.05, 0) is 43.5 Å². The molecule has 2 unspecified atom stereocenters. The minimum atomic E-state index is -0.795. The third-order valence-electron chi connectivity index (χ3n) is 8.23. The van der Waals surface area contributed by atoms with E-state index in [1.807, 2.05) is 61.5 Å². The van der Waals surface area contributed by atoms with E-state index in [0.717, 1.165) is 17.5 Å². The predicted octanol–water partition coefficient (Wildman–Crippen LogP) is 2.01. The molecule has 3 fully saturated rings. The zero-order valence-electron chi connectivity index (χ0n) is 21.0. The molecular formula is C27H30N6O4S. The molecule has 0 saturated carbocycles. The molecule has 1 aromatic heterocycles. The molecule has 0 aliphatic carbocycles. The first-order valence-corrected chi connectivity index (χ1v) is 13.9. The molecule has 198 valence electrons. The van der Waals surface area contributed by atoms with E-state index in [1.54, 1.807) is 21.3 Å². The molecule has 3 aromatic rings. The van der Waals surface area contributed by atoms with Gasteiger partial charge in [-0.2, -0.15) is 0 Å². The minimum Gasteiger partial charge on any atom is -0.394 e. The Hall–Kier alpha value is -3.44. The smallest absolute Gasteiger partial charge is 0.245 e. The standard InChI is InChI=1S/C27H30N6O4S/c1-2-17(14-34)33-23(25(36)28-15-32-19-11-7-6-10-18(19)30-31-32)27-13-12-20(38-27)21(22(27)26(33)37)24(35)29-16-8-4-3-5-9-16/h3-11,17,20-23,34H,2,12-15H2,1H3,(H,28,36)(H,29,35)/t17-,20+,21-,22-,23?,27?/m0/s1. The van der Waals surface area contributed by atoms with Crippen LogP contribution in [0.2, 0.25) is 0 Å². The summed E-state index contributed by atoms with van der Waals surface area (Å²) in [6, 6.07) is 15.4. The van der Waals surface area contributed by atoms with E-state index in [4.69, 9.17) is 0 Å². The van der Waals surface area contributed by atoms with Crippen LogP contribution in [0.4, 0.5) is 5.69 Å². The lowest BCUT2D eigenvalue weighted by molar-refractivity contribution is -0.142. The second kappa shape index (κ2) is 9.70. The maximum atomic E-state index is 14.0. The van der Waals surface area contributed by atoms with Gasteiger partial charge in [-0.3, -0.25) is 14.4 Å². The number of carbonyl (C=O) groups is 3. The number of nitrogens with zero attached hydrogens (tertiary/aromatic N) is 4. The molecule has 3 aliphatic heterocycles. The molecule has 2 bridgehead atoms. The molecular weight excluding hydrogens is 504 g/mol. The summed E-state index contributed by atoms with van der Waals surface area (Å²) in [6.45, 7) is 1.73. The lowest BCUT2D eigenvalue weighted by atomic mass is 9.70. The number of rotatable bonds is 8. The van der Waals surface area contributed by atoms with E-state index in [2.05, 4.69) is 20.9 Å². The Morgan fingerprint density at radius 1 is 1.16 bits per heavy atom. The van der Waals surface area contributed by atoms with Crippen molar-refractivity contribution in [1.29, 1.82) is 0 Å². The van der Waals surface area contributed by atoms with E-state index < -0.39 is 28.7 Å². The third kappa shape index (κ3) is 3.79. The zero-order chi connectivity index (χ0) is 26.4. The summed E-state index contributed by atoms with van der Waals surface area (Å²) < 4.78 is 0.889. The highest BCUT2D eigenvalue weighted by molar-refractivity contribution is 8.02. The zero-order valence-corrected chi connectivity index (χ0v) is 21.8. The van der Waals surface area contributed by atoms with Crippen LogP contribution in [0, 0.1) is 11.8 Å². The number of para-hydroxylation sites is 2. The van der Waals surface area contributed by atoms with Crippen molar-refractivity contribution in [2.24, 2.45) is 11.8 Å². The van der Waals surface area contributed by atoms with Crippen LogP contribution >= 0.6 is 11.8 Å². The topological polar surface area (TPSA) is 129 Å². The highest BCUT2D eigenvalue weighted by atomic mass is 32.2. The number of aromatic nitrogens is 3. The molecule has 3 aliphatic rings. The Labute approximate surface area is 224 Å². The lowest BCUT2D eigenvalue weighted by Gasteiger charge is -2.36. The number of likely N-dealkylation sites (tertiary alicyclic amines) is 1. The van der Waals surface area contributed by atoms with Gasteiger partial charge in [0.15, 0.2) is 0 Å². The lowest BCUT2D eigenvalue weighted by Crippen LogP contribution is -2.56. The second-order valence-electron chi connectivity index (χ2n) is 10.2. The molecule has 3 N–H and O–H groups in total. The minimum absolute atomic E-state index is 0.0430. The maximum Gasteiger partial charge on any atom is 0.245 e. The fourth-order valence-electron chi connectivity index (χ4n) is 6.53. The first kappa shape index (κ1) is 24.9. The Morgan fingerprint density at radius 2 is 1.92 bits per heavy atom. The average molecular weight is 535 g/mol. The molecule has 6 atom stereocenters. The van der Waals surface area contributed by atoms with Crippen molar-refractivity contribution in [2.75, 3.05) is 11.9 Å². The second-order valence-corrected chi connectivity index (χ2v) is 11.8. The number of nitrogens with one attached hydrogen (secondary N) is 2. The summed E-state index contributed by atoms with van der Waals surface area (Å²) >= 11 is 1.60. The van der Waals surface area contributed by atoms with Gasteiger partial charge < -0.3 is 20.6 Å². The van der Waals surface area contributed by atoms with Crippen molar-refractivity contribution in [3.63, 3.8) is 0 Å². The number of carbonyl (C=O) groups excluding carboxylic acids is 3.